The molecule has 3 N–H and O–H groups in total. The number of hydrogen-bond donors (Lipinski definition) is 2. The van der Waals surface area contributed by atoms with E-state index in [4.69, 9.17) is 22.2 Å². The number of hydrogen-bond acceptors (Lipinski definition) is 3. The van der Waals surface area contributed by atoms with Crippen molar-refractivity contribution in [3.05, 3.63) is 23.2 Å². The SMILES string of the molecule is COc1cc(Cl)cc(NN)c1.Cl. The average molecular weight is 209 g/mol. The Morgan fingerprint density at radius 1 is 1.42 bits per heavy atom. The molecule has 0 aliphatic rings. The highest BCUT2D eigenvalue weighted by atomic mass is 35.5. The van der Waals surface area contributed by atoms with Crippen LogP contribution in [0.4, 0.5) is 5.69 Å². The second-order valence-corrected chi connectivity index (χ2v) is 2.46. The van der Waals surface area contributed by atoms with Crippen LogP contribution in [-0.2, 0) is 0 Å². The maximum atomic E-state index is 5.73. The summed E-state index contributed by atoms with van der Waals surface area (Å²) >= 11 is 5.73. The number of hydrazine groups is 1. The molecule has 5 heteroatoms. The fraction of sp³-hybridized carbons (Fsp3) is 0.143. The van der Waals surface area contributed by atoms with Crippen molar-refractivity contribution >= 4 is 29.7 Å². The Labute approximate surface area is 82.2 Å². The van der Waals surface area contributed by atoms with Gasteiger partial charge < -0.3 is 10.2 Å². The Kier molecular flexibility index (Phi) is 4.81. The van der Waals surface area contributed by atoms with E-state index in [1.807, 2.05) is 0 Å². The Morgan fingerprint density at radius 2 is 2.08 bits per heavy atom. The zero-order valence-corrected chi connectivity index (χ0v) is 8.08. The molecule has 12 heavy (non-hydrogen) atoms. The van der Waals surface area contributed by atoms with E-state index >= 15 is 0 Å². The number of benzene rings is 1. The maximum absolute atomic E-state index is 5.73. The normalized spacial score (nSPS) is 8.58. The number of halogens is 2. The van der Waals surface area contributed by atoms with Crippen LogP contribution in [0.1, 0.15) is 0 Å². The summed E-state index contributed by atoms with van der Waals surface area (Å²) in [5.41, 5.74) is 3.21. The van der Waals surface area contributed by atoms with Gasteiger partial charge in [-0.15, -0.1) is 12.4 Å². The van der Waals surface area contributed by atoms with E-state index in [0.29, 0.717) is 10.8 Å². The first-order valence-electron chi connectivity index (χ1n) is 3.07. The fourth-order valence-corrected chi connectivity index (χ4v) is 0.989. The van der Waals surface area contributed by atoms with Crippen molar-refractivity contribution in [1.29, 1.82) is 0 Å². The molecule has 0 aromatic heterocycles. The van der Waals surface area contributed by atoms with Crippen molar-refractivity contribution in [3.8, 4) is 5.75 Å². The first-order valence-corrected chi connectivity index (χ1v) is 3.45. The van der Waals surface area contributed by atoms with Gasteiger partial charge in [-0.25, -0.2) is 0 Å². The third kappa shape index (κ3) is 2.77. The van der Waals surface area contributed by atoms with E-state index in [-0.39, 0.29) is 12.4 Å². The van der Waals surface area contributed by atoms with Gasteiger partial charge in [-0.3, -0.25) is 5.84 Å². The molecule has 1 rings (SSSR count). The number of ether oxygens (including phenoxy) is 1. The van der Waals surface area contributed by atoms with Crippen molar-refractivity contribution in [2.45, 2.75) is 0 Å². The summed E-state index contributed by atoms with van der Waals surface area (Å²) < 4.78 is 4.96. The van der Waals surface area contributed by atoms with Crippen molar-refractivity contribution in [3.63, 3.8) is 0 Å². The standard InChI is InChI=1S/C7H9ClN2O.ClH/c1-11-7-3-5(8)2-6(4-7)10-9;/h2-4,10H,9H2,1H3;1H. The predicted molar refractivity (Wildman–Crippen MR) is 53.1 cm³/mol. The minimum Gasteiger partial charge on any atom is -0.497 e. The minimum atomic E-state index is 0. The molecular formula is C7H10Cl2N2O. The largest absolute Gasteiger partial charge is 0.497 e. The molecule has 0 amide bonds. The summed E-state index contributed by atoms with van der Waals surface area (Å²) in [6, 6.07) is 5.18. The van der Waals surface area contributed by atoms with E-state index in [1.165, 1.54) is 0 Å². The third-order valence-corrected chi connectivity index (χ3v) is 1.49. The summed E-state index contributed by atoms with van der Waals surface area (Å²) in [6.45, 7) is 0. The zero-order chi connectivity index (χ0) is 8.27. The van der Waals surface area contributed by atoms with Crippen LogP contribution < -0.4 is 16.0 Å². The highest BCUT2D eigenvalue weighted by molar-refractivity contribution is 6.31. The van der Waals surface area contributed by atoms with Gasteiger partial charge in [0.15, 0.2) is 0 Å². The summed E-state index contributed by atoms with van der Waals surface area (Å²) in [5.74, 6) is 5.86. The molecule has 0 aliphatic heterocycles. The van der Waals surface area contributed by atoms with Crippen LogP contribution in [0.25, 0.3) is 0 Å². The van der Waals surface area contributed by atoms with Crippen LogP contribution in [-0.4, -0.2) is 7.11 Å². The van der Waals surface area contributed by atoms with Crippen LogP contribution >= 0.6 is 24.0 Å². The van der Waals surface area contributed by atoms with Crippen molar-refractivity contribution < 1.29 is 4.74 Å². The van der Waals surface area contributed by atoms with E-state index in [9.17, 15) is 0 Å². The topological polar surface area (TPSA) is 47.3 Å². The van der Waals surface area contributed by atoms with Gasteiger partial charge in [-0.05, 0) is 12.1 Å². The number of methoxy groups -OCH3 is 1. The molecule has 0 bridgehead atoms. The lowest BCUT2D eigenvalue weighted by Crippen LogP contribution is -2.06. The Balaban J connectivity index is 0.00000121. The highest BCUT2D eigenvalue weighted by Crippen LogP contribution is 2.22. The van der Waals surface area contributed by atoms with E-state index < -0.39 is 0 Å². The minimum absolute atomic E-state index is 0. The molecule has 0 fully saturated rings. The van der Waals surface area contributed by atoms with Gasteiger partial charge in [0.05, 0.1) is 12.8 Å². The second-order valence-electron chi connectivity index (χ2n) is 2.02. The molecule has 0 radical (unpaired) electrons. The van der Waals surface area contributed by atoms with Crippen LogP contribution in [0.2, 0.25) is 5.02 Å². The van der Waals surface area contributed by atoms with Crippen LogP contribution in [0, 0.1) is 0 Å². The monoisotopic (exact) mass is 208 g/mol. The van der Waals surface area contributed by atoms with Crippen molar-refractivity contribution in [2.24, 2.45) is 5.84 Å². The maximum Gasteiger partial charge on any atom is 0.122 e. The number of anilines is 1. The summed E-state index contributed by atoms with van der Waals surface area (Å²) in [7, 11) is 1.58. The molecule has 0 heterocycles. The van der Waals surface area contributed by atoms with Gasteiger partial charge in [0.2, 0.25) is 0 Å². The van der Waals surface area contributed by atoms with Crippen LogP contribution in [0.3, 0.4) is 0 Å². The molecular weight excluding hydrogens is 199 g/mol. The molecule has 0 saturated heterocycles. The molecule has 3 nitrogen and oxygen atoms in total. The van der Waals surface area contributed by atoms with Gasteiger partial charge in [-0.2, -0.15) is 0 Å². The van der Waals surface area contributed by atoms with Gasteiger partial charge in [0.1, 0.15) is 5.75 Å². The molecule has 0 spiro atoms. The highest BCUT2D eigenvalue weighted by Gasteiger charge is 1.96. The Hall–Kier alpha value is -0.640. The first kappa shape index (κ1) is 11.4. The molecule has 1 aromatic carbocycles. The number of nitrogen functional groups attached to an aromatic ring is 1. The van der Waals surface area contributed by atoms with Gasteiger partial charge >= 0.3 is 0 Å². The van der Waals surface area contributed by atoms with Gasteiger partial charge in [0, 0.05) is 11.1 Å². The van der Waals surface area contributed by atoms with Gasteiger partial charge in [-0.1, -0.05) is 11.6 Å². The second kappa shape index (κ2) is 5.09. The van der Waals surface area contributed by atoms with E-state index in [2.05, 4.69) is 5.43 Å². The quantitative estimate of drug-likeness (QED) is 0.578. The van der Waals surface area contributed by atoms with Crippen molar-refractivity contribution in [2.75, 3.05) is 12.5 Å². The van der Waals surface area contributed by atoms with Crippen LogP contribution in [0.5, 0.6) is 5.75 Å². The third-order valence-electron chi connectivity index (χ3n) is 1.27. The van der Waals surface area contributed by atoms with Gasteiger partial charge in [0.25, 0.3) is 0 Å². The lowest BCUT2D eigenvalue weighted by Gasteiger charge is -2.03. The number of nitrogens with one attached hydrogen (secondary N) is 1. The molecule has 0 atom stereocenters. The predicted octanol–water partition coefficient (Wildman–Crippen LogP) is 2.06. The lowest BCUT2D eigenvalue weighted by molar-refractivity contribution is 0.415. The Bertz CT molecular complexity index is 233. The fourth-order valence-electron chi connectivity index (χ4n) is 0.764. The molecule has 0 unspecified atom stereocenters. The number of rotatable bonds is 2. The Morgan fingerprint density at radius 3 is 2.58 bits per heavy atom. The van der Waals surface area contributed by atoms with Crippen LogP contribution in [0.15, 0.2) is 18.2 Å². The first-order chi connectivity index (χ1) is 5.26. The molecule has 68 valence electrons. The smallest absolute Gasteiger partial charge is 0.122 e. The van der Waals surface area contributed by atoms with E-state index in [1.54, 1.807) is 25.3 Å². The van der Waals surface area contributed by atoms with Crippen molar-refractivity contribution in [1.82, 2.24) is 0 Å². The average Bonchev–Trinajstić information content (AvgIpc) is 2.03. The van der Waals surface area contributed by atoms with E-state index in [0.717, 1.165) is 5.69 Å². The molecule has 0 aliphatic carbocycles. The molecule has 0 saturated carbocycles. The lowest BCUT2D eigenvalue weighted by atomic mass is 10.3. The molecule has 1 aromatic rings. The zero-order valence-electron chi connectivity index (χ0n) is 6.50. The number of nitrogens with two attached hydrogens (primary N) is 1. The summed E-state index contributed by atoms with van der Waals surface area (Å²) in [4.78, 5) is 0. The summed E-state index contributed by atoms with van der Waals surface area (Å²) in [5, 5.41) is 0.595. The summed E-state index contributed by atoms with van der Waals surface area (Å²) in [6.07, 6.45) is 0.